The summed E-state index contributed by atoms with van der Waals surface area (Å²) in [7, 11) is 0. The van der Waals surface area contributed by atoms with Crippen LogP contribution in [-0.2, 0) is 14.3 Å². The maximum Gasteiger partial charge on any atom is 0.325 e. The largest absolute Gasteiger partial charge is 0.465 e. The lowest BCUT2D eigenvalue weighted by atomic mass is 9.79. The summed E-state index contributed by atoms with van der Waals surface area (Å²) in [6.45, 7) is 4.12. The van der Waals surface area contributed by atoms with Crippen LogP contribution in [0.5, 0.6) is 0 Å². The van der Waals surface area contributed by atoms with E-state index in [0.29, 0.717) is 18.6 Å². The smallest absolute Gasteiger partial charge is 0.325 e. The Kier molecular flexibility index (Phi) is 4.70. The first-order valence-corrected chi connectivity index (χ1v) is 7.86. The number of ether oxygens (including phenoxy) is 2. The molecule has 2 fully saturated rings. The van der Waals surface area contributed by atoms with Crippen molar-refractivity contribution in [1.29, 1.82) is 0 Å². The second-order valence-electron chi connectivity index (χ2n) is 5.58. The topological polar surface area (TPSA) is 35.5 Å². The van der Waals surface area contributed by atoms with Crippen LogP contribution in [0.1, 0.15) is 52.4 Å². The van der Waals surface area contributed by atoms with Crippen LogP contribution < -0.4 is 0 Å². The van der Waals surface area contributed by atoms with E-state index in [1.54, 1.807) is 0 Å². The van der Waals surface area contributed by atoms with Crippen molar-refractivity contribution in [3.05, 3.63) is 0 Å². The van der Waals surface area contributed by atoms with Gasteiger partial charge in [-0.3, -0.25) is 4.79 Å². The third kappa shape index (κ3) is 2.90. The molecule has 104 valence electrons. The number of esters is 1. The van der Waals surface area contributed by atoms with E-state index in [2.05, 4.69) is 15.9 Å². The Morgan fingerprint density at radius 3 is 2.78 bits per heavy atom. The van der Waals surface area contributed by atoms with E-state index in [1.807, 2.05) is 13.8 Å². The summed E-state index contributed by atoms with van der Waals surface area (Å²) in [4.78, 5) is 12.0. The van der Waals surface area contributed by atoms with E-state index in [1.165, 1.54) is 25.7 Å². The van der Waals surface area contributed by atoms with Gasteiger partial charge in [0.05, 0.1) is 18.8 Å². The molecule has 1 saturated carbocycles. The molecular formula is C14H23BrO3. The van der Waals surface area contributed by atoms with Crippen molar-refractivity contribution >= 4 is 21.9 Å². The van der Waals surface area contributed by atoms with E-state index >= 15 is 0 Å². The first-order valence-electron chi connectivity index (χ1n) is 7.07. The van der Waals surface area contributed by atoms with Crippen molar-refractivity contribution in [2.45, 2.75) is 68.9 Å². The minimum atomic E-state index is -0.703. The second-order valence-corrected chi connectivity index (χ2v) is 7.23. The minimum absolute atomic E-state index is 0.0594. The van der Waals surface area contributed by atoms with Gasteiger partial charge >= 0.3 is 5.97 Å². The van der Waals surface area contributed by atoms with E-state index in [0.717, 1.165) is 12.8 Å². The lowest BCUT2D eigenvalue weighted by Gasteiger charge is -2.43. The zero-order valence-electron chi connectivity index (χ0n) is 11.3. The number of rotatable bonds is 3. The van der Waals surface area contributed by atoms with Crippen LogP contribution in [0, 0.1) is 5.92 Å². The molecule has 4 atom stereocenters. The van der Waals surface area contributed by atoms with Crippen molar-refractivity contribution < 1.29 is 14.3 Å². The molecule has 0 amide bonds. The summed E-state index contributed by atoms with van der Waals surface area (Å²) in [5, 5.41) is 0. The van der Waals surface area contributed by atoms with Gasteiger partial charge < -0.3 is 9.47 Å². The molecule has 1 saturated heterocycles. The van der Waals surface area contributed by atoms with Gasteiger partial charge in [0.25, 0.3) is 0 Å². The first kappa shape index (κ1) is 14.3. The molecule has 0 bridgehead atoms. The van der Waals surface area contributed by atoms with Gasteiger partial charge in [0.1, 0.15) is 4.32 Å². The number of fused-ring (bicyclic) bond motifs is 1. The van der Waals surface area contributed by atoms with Crippen LogP contribution in [0.25, 0.3) is 0 Å². The number of hydrogen-bond donors (Lipinski definition) is 0. The maximum atomic E-state index is 12.0. The van der Waals surface area contributed by atoms with Crippen LogP contribution >= 0.6 is 15.9 Å². The van der Waals surface area contributed by atoms with Crippen molar-refractivity contribution in [2.24, 2.45) is 5.92 Å². The van der Waals surface area contributed by atoms with E-state index in [4.69, 9.17) is 9.47 Å². The number of hydrogen-bond acceptors (Lipinski definition) is 3. The van der Waals surface area contributed by atoms with Gasteiger partial charge in [-0.2, -0.15) is 0 Å². The fourth-order valence-corrected chi connectivity index (χ4v) is 3.58. The zero-order chi connectivity index (χ0) is 13.2. The van der Waals surface area contributed by atoms with Crippen LogP contribution in [0.2, 0.25) is 0 Å². The first-order chi connectivity index (χ1) is 8.55. The predicted molar refractivity (Wildman–Crippen MR) is 73.8 cm³/mol. The molecule has 0 aromatic heterocycles. The highest BCUT2D eigenvalue weighted by atomic mass is 79.9. The normalized spacial score (nSPS) is 35.4. The van der Waals surface area contributed by atoms with Gasteiger partial charge in [-0.15, -0.1) is 0 Å². The average molecular weight is 319 g/mol. The number of carbonyl (C=O) groups is 1. The average Bonchev–Trinajstić information content (AvgIpc) is 2.38. The fourth-order valence-electron chi connectivity index (χ4n) is 3.13. The lowest BCUT2D eigenvalue weighted by molar-refractivity contribution is -0.158. The summed E-state index contributed by atoms with van der Waals surface area (Å²) < 4.78 is 10.6. The Morgan fingerprint density at radius 2 is 2.06 bits per heavy atom. The molecule has 0 aromatic carbocycles. The highest BCUT2D eigenvalue weighted by Gasteiger charge is 2.46. The van der Waals surface area contributed by atoms with Crippen molar-refractivity contribution in [3.63, 3.8) is 0 Å². The highest BCUT2D eigenvalue weighted by molar-refractivity contribution is 9.10. The van der Waals surface area contributed by atoms with Gasteiger partial charge in [-0.25, -0.2) is 0 Å². The van der Waals surface area contributed by atoms with Gasteiger partial charge in [-0.05, 0) is 45.4 Å². The molecule has 0 radical (unpaired) electrons. The van der Waals surface area contributed by atoms with Crippen molar-refractivity contribution in [1.82, 2.24) is 0 Å². The third-order valence-corrected chi connectivity index (χ3v) is 5.09. The quantitative estimate of drug-likeness (QED) is 0.590. The molecular weight excluding hydrogens is 296 g/mol. The van der Waals surface area contributed by atoms with Gasteiger partial charge in [0, 0.05) is 0 Å². The molecule has 0 N–H and O–H groups in total. The number of carbonyl (C=O) groups excluding carboxylic acids is 1. The molecule has 2 aliphatic rings. The standard InChI is InChI=1S/C14H23BrO3/c1-3-17-13(16)14(2,15)12-9-8-10-6-4-5-7-11(10)18-12/h10-12H,3-9H2,1-2H3/t10-,11+,12+,14+/m0/s1. The summed E-state index contributed by atoms with van der Waals surface area (Å²) in [6, 6.07) is 0. The van der Waals surface area contributed by atoms with E-state index in [9.17, 15) is 4.79 Å². The van der Waals surface area contributed by atoms with E-state index in [-0.39, 0.29) is 12.1 Å². The van der Waals surface area contributed by atoms with Gasteiger partial charge in [0.15, 0.2) is 0 Å². The third-order valence-electron chi connectivity index (χ3n) is 4.26. The molecule has 4 heteroatoms. The SMILES string of the molecule is CCOC(=O)[C@](C)(Br)[C@H]1CC[C@@H]2CCCC[C@H]2O1. The molecule has 1 aliphatic heterocycles. The van der Waals surface area contributed by atoms with Crippen molar-refractivity contribution in [2.75, 3.05) is 6.61 Å². The molecule has 3 nitrogen and oxygen atoms in total. The van der Waals surface area contributed by atoms with Gasteiger partial charge in [0.2, 0.25) is 0 Å². The lowest BCUT2D eigenvalue weighted by Crippen LogP contribution is -2.50. The van der Waals surface area contributed by atoms with Crippen LogP contribution in [0.3, 0.4) is 0 Å². The Morgan fingerprint density at radius 1 is 1.33 bits per heavy atom. The highest BCUT2D eigenvalue weighted by Crippen LogP contribution is 2.41. The molecule has 0 unspecified atom stereocenters. The molecule has 18 heavy (non-hydrogen) atoms. The monoisotopic (exact) mass is 318 g/mol. The Bertz CT molecular complexity index is 303. The Hall–Kier alpha value is -0.0900. The summed E-state index contributed by atoms with van der Waals surface area (Å²) in [5.74, 6) is 0.504. The molecule has 2 rings (SSSR count). The zero-order valence-corrected chi connectivity index (χ0v) is 12.9. The van der Waals surface area contributed by atoms with Crippen LogP contribution in [0.4, 0.5) is 0 Å². The van der Waals surface area contributed by atoms with Crippen LogP contribution in [-0.4, -0.2) is 29.1 Å². The Balaban J connectivity index is 1.99. The summed E-state index contributed by atoms with van der Waals surface area (Å²) in [5.41, 5.74) is 0. The number of halogens is 1. The van der Waals surface area contributed by atoms with Gasteiger partial charge in [-0.1, -0.05) is 28.8 Å². The molecule has 1 aliphatic carbocycles. The van der Waals surface area contributed by atoms with E-state index < -0.39 is 4.32 Å². The summed E-state index contributed by atoms with van der Waals surface area (Å²) >= 11 is 3.53. The second kappa shape index (κ2) is 5.91. The predicted octanol–water partition coefficient (Wildman–Crippen LogP) is 3.44. The molecule has 0 spiro atoms. The molecule has 1 heterocycles. The number of alkyl halides is 1. The summed E-state index contributed by atoms with van der Waals surface area (Å²) in [6.07, 6.45) is 7.44. The maximum absolute atomic E-state index is 12.0. The minimum Gasteiger partial charge on any atom is -0.465 e. The van der Waals surface area contributed by atoms with Crippen molar-refractivity contribution in [3.8, 4) is 0 Å². The fraction of sp³-hybridized carbons (Fsp3) is 0.929. The Labute approximate surface area is 118 Å². The van der Waals surface area contributed by atoms with Crippen LogP contribution in [0.15, 0.2) is 0 Å². The molecule has 0 aromatic rings.